The summed E-state index contributed by atoms with van der Waals surface area (Å²) in [4.78, 5) is 39.9. The van der Waals surface area contributed by atoms with E-state index in [4.69, 9.17) is 0 Å². The molecule has 2 unspecified atom stereocenters. The van der Waals surface area contributed by atoms with Gasteiger partial charge in [0.05, 0.1) is 19.1 Å². The van der Waals surface area contributed by atoms with Crippen LogP contribution in [0, 0.1) is 17.2 Å². The molecule has 0 saturated heterocycles. The van der Waals surface area contributed by atoms with E-state index in [0.29, 0.717) is 22.8 Å². The van der Waals surface area contributed by atoms with E-state index in [9.17, 15) is 19.6 Å². The number of rotatable bonds is 9. The van der Waals surface area contributed by atoms with Crippen LogP contribution in [0.3, 0.4) is 0 Å². The predicted octanol–water partition coefficient (Wildman–Crippen LogP) is 3.70. The van der Waals surface area contributed by atoms with E-state index < -0.39 is 17.8 Å². The first-order chi connectivity index (χ1) is 14.5. The average molecular weight is 429 g/mol. The van der Waals surface area contributed by atoms with Gasteiger partial charge in [0.1, 0.15) is 0 Å². The number of carbonyl (C=O) groups excluding carboxylic acids is 3. The molecule has 2 N–H and O–H groups in total. The second-order valence-corrected chi connectivity index (χ2v) is 7.55. The SMILES string of the molecule is CCCCC(C#N)CC(C(=O)Nc1nccs1)c1ccc(NC(=O)C(=O)OC)cc1. The smallest absolute Gasteiger partial charge is 0.396 e. The van der Waals surface area contributed by atoms with E-state index in [-0.39, 0.29) is 11.8 Å². The lowest BCUT2D eigenvalue weighted by atomic mass is 9.86. The lowest BCUT2D eigenvalue weighted by Gasteiger charge is -2.19. The summed E-state index contributed by atoms with van der Waals surface area (Å²) in [5.74, 6) is -2.93. The number of carbonyl (C=O) groups is 3. The Labute approximate surface area is 179 Å². The molecule has 2 atom stereocenters. The average Bonchev–Trinajstić information content (AvgIpc) is 3.27. The van der Waals surface area contributed by atoms with Gasteiger partial charge in [0.25, 0.3) is 0 Å². The molecule has 0 aliphatic rings. The minimum atomic E-state index is -0.993. The molecule has 1 heterocycles. The Kier molecular flexibility index (Phi) is 8.97. The molecule has 158 valence electrons. The van der Waals surface area contributed by atoms with Gasteiger partial charge in [-0.1, -0.05) is 31.9 Å². The number of nitrogens with zero attached hydrogens (tertiary/aromatic N) is 2. The maximum atomic E-state index is 12.9. The standard InChI is InChI=1S/C21H24N4O4S/c1-3-4-5-14(13-22)12-17(18(26)25-21-23-10-11-30-21)15-6-8-16(9-7-15)24-19(27)20(28)29-2/h6-11,14,17H,3-5,12H2,1-2H3,(H,24,27)(H,23,25,26). The molecule has 0 saturated carbocycles. The number of aromatic nitrogens is 1. The molecule has 2 rings (SSSR count). The van der Waals surface area contributed by atoms with Gasteiger partial charge in [-0.25, -0.2) is 9.78 Å². The van der Waals surface area contributed by atoms with Crippen LogP contribution in [-0.2, 0) is 19.1 Å². The van der Waals surface area contributed by atoms with Crippen molar-refractivity contribution in [2.45, 2.75) is 38.5 Å². The molecule has 0 aliphatic carbocycles. The molecule has 1 aromatic heterocycles. The Morgan fingerprint density at radius 3 is 2.53 bits per heavy atom. The van der Waals surface area contributed by atoms with Gasteiger partial charge in [0.15, 0.2) is 5.13 Å². The number of methoxy groups -OCH3 is 1. The van der Waals surface area contributed by atoms with E-state index in [1.54, 1.807) is 35.8 Å². The summed E-state index contributed by atoms with van der Waals surface area (Å²) in [6.07, 6.45) is 4.59. The van der Waals surface area contributed by atoms with Gasteiger partial charge in [-0.3, -0.25) is 9.59 Å². The minimum absolute atomic E-state index is 0.243. The van der Waals surface area contributed by atoms with Gasteiger partial charge in [0, 0.05) is 23.2 Å². The van der Waals surface area contributed by atoms with E-state index in [0.717, 1.165) is 26.4 Å². The summed E-state index contributed by atoms with van der Waals surface area (Å²) in [7, 11) is 1.13. The summed E-state index contributed by atoms with van der Waals surface area (Å²) in [5.41, 5.74) is 1.10. The number of amides is 2. The van der Waals surface area contributed by atoms with Gasteiger partial charge in [-0.15, -0.1) is 11.3 Å². The monoisotopic (exact) mass is 428 g/mol. The predicted molar refractivity (Wildman–Crippen MR) is 114 cm³/mol. The first-order valence-corrected chi connectivity index (χ1v) is 10.5. The van der Waals surface area contributed by atoms with Crippen LogP contribution in [0.4, 0.5) is 10.8 Å². The third kappa shape index (κ3) is 6.67. The Balaban J connectivity index is 2.19. The topological polar surface area (TPSA) is 121 Å². The molecule has 30 heavy (non-hydrogen) atoms. The highest BCUT2D eigenvalue weighted by Crippen LogP contribution is 2.29. The largest absolute Gasteiger partial charge is 0.462 e. The third-order valence-electron chi connectivity index (χ3n) is 4.53. The second kappa shape index (κ2) is 11.7. The van der Waals surface area contributed by atoms with E-state index in [2.05, 4.69) is 33.3 Å². The third-order valence-corrected chi connectivity index (χ3v) is 5.22. The second-order valence-electron chi connectivity index (χ2n) is 6.65. The number of hydrogen-bond donors (Lipinski definition) is 2. The molecular weight excluding hydrogens is 404 g/mol. The van der Waals surface area contributed by atoms with Crippen LogP contribution < -0.4 is 10.6 Å². The summed E-state index contributed by atoms with van der Waals surface area (Å²) in [5, 5.41) is 17.0. The number of thiazole rings is 1. The summed E-state index contributed by atoms with van der Waals surface area (Å²) in [6.45, 7) is 2.06. The lowest BCUT2D eigenvalue weighted by molar-refractivity contribution is -0.150. The molecule has 0 radical (unpaired) electrons. The maximum absolute atomic E-state index is 12.9. The van der Waals surface area contributed by atoms with E-state index in [1.165, 1.54) is 11.3 Å². The lowest BCUT2D eigenvalue weighted by Crippen LogP contribution is -2.24. The van der Waals surface area contributed by atoms with Crippen LogP contribution in [0.5, 0.6) is 0 Å². The normalized spacial score (nSPS) is 12.3. The first kappa shape index (κ1) is 23.0. The molecule has 9 heteroatoms. The fraction of sp³-hybridized carbons (Fsp3) is 0.381. The van der Waals surface area contributed by atoms with Gasteiger partial charge in [-0.2, -0.15) is 5.26 Å². The number of nitriles is 1. The van der Waals surface area contributed by atoms with Crippen molar-refractivity contribution in [3.8, 4) is 6.07 Å². The van der Waals surface area contributed by atoms with Crippen molar-refractivity contribution >= 4 is 39.9 Å². The highest BCUT2D eigenvalue weighted by molar-refractivity contribution is 7.13. The summed E-state index contributed by atoms with van der Waals surface area (Å²) < 4.78 is 4.38. The number of benzene rings is 1. The van der Waals surface area contributed by atoms with E-state index in [1.807, 2.05) is 0 Å². The van der Waals surface area contributed by atoms with Crippen molar-refractivity contribution in [1.82, 2.24) is 4.98 Å². The molecule has 0 spiro atoms. The number of hydrogen-bond acceptors (Lipinski definition) is 7. The zero-order valence-corrected chi connectivity index (χ0v) is 17.7. The molecule has 0 bridgehead atoms. The highest BCUT2D eigenvalue weighted by atomic mass is 32.1. The number of nitrogens with one attached hydrogen (secondary N) is 2. The highest BCUT2D eigenvalue weighted by Gasteiger charge is 2.25. The van der Waals surface area contributed by atoms with Crippen molar-refractivity contribution in [3.63, 3.8) is 0 Å². The Bertz CT molecular complexity index is 891. The number of anilines is 2. The first-order valence-electron chi connectivity index (χ1n) is 9.57. The molecule has 2 amide bonds. The maximum Gasteiger partial charge on any atom is 0.396 e. The van der Waals surface area contributed by atoms with Crippen LogP contribution in [-0.4, -0.2) is 29.9 Å². The van der Waals surface area contributed by atoms with Crippen molar-refractivity contribution in [2.24, 2.45) is 5.92 Å². The van der Waals surface area contributed by atoms with Crippen LogP contribution in [0.15, 0.2) is 35.8 Å². The Morgan fingerprint density at radius 1 is 1.23 bits per heavy atom. The molecule has 8 nitrogen and oxygen atoms in total. The minimum Gasteiger partial charge on any atom is -0.462 e. The van der Waals surface area contributed by atoms with Crippen molar-refractivity contribution < 1.29 is 19.1 Å². The number of unbranched alkanes of at least 4 members (excludes halogenated alkanes) is 1. The van der Waals surface area contributed by atoms with Gasteiger partial charge in [0.2, 0.25) is 5.91 Å². The molecule has 0 aliphatic heterocycles. The molecule has 2 aromatic rings. The van der Waals surface area contributed by atoms with Crippen LogP contribution in [0.25, 0.3) is 0 Å². The summed E-state index contributed by atoms with van der Waals surface area (Å²) in [6, 6.07) is 8.92. The van der Waals surface area contributed by atoms with Gasteiger partial charge >= 0.3 is 11.9 Å². The molecule has 1 aromatic carbocycles. The zero-order valence-electron chi connectivity index (χ0n) is 16.9. The quantitative estimate of drug-likeness (QED) is 0.464. The fourth-order valence-electron chi connectivity index (χ4n) is 2.92. The summed E-state index contributed by atoms with van der Waals surface area (Å²) >= 11 is 1.32. The Morgan fingerprint density at radius 2 is 1.97 bits per heavy atom. The molecule has 0 fully saturated rings. The van der Waals surface area contributed by atoms with Crippen molar-refractivity contribution in [3.05, 3.63) is 41.4 Å². The van der Waals surface area contributed by atoms with Gasteiger partial charge < -0.3 is 15.4 Å². The van der Waals surface area contributed by atoms with Crippen LogP contribution in [0.1, 0.15) is 44.1 Å². The fourth-order valence-corrected chi connectivity index (χ4v) is 3.45. The van der Waals surface area contributed by atoms with Gasteiger partial charge in [-0.05, 0) is 30.5 Å². The van der Waals surface area contributed by atoms with Crippen molar-refractivity contribution in [1.29, 1.82) is 5.26 Å². The van der Waals surface area contributed by atoms with Crippen LogP contribution in [0.2, 0.25) is 0 Å². The number of esters is 1. The molecular formula is C21H24N4O4S. The van der Waals surface area contributed by atoms with Crippen molar-refractivity contribution in [2.75, 3.05) is 17.7 Å². The van der Waals surface area contributed by atoms with Crippen LogP contribution >= 0.6 is 11.3 Å². The zero-order chi connectivity index (χ0) is 21.9. The number of ether oxygens (including phenoxy) is 1. The van der Waals surface area contributed by atoms with E-state index >= 15 is 0 Å². The Hall–Kier alpha value is -3.25.